The molecule has 0 bridgehead atoms. The monoisotopic (exact) mass is 565 g/mol. The van der Waals surface area contributed by atoms with E-state index in [4.69, 9.17) is 9.84 Å². The van der Waals surface area contributed by atoms with Gasteiger partial charge in [0.05, 0.1) is 16.4 Å². The minimum absolute atomic E-state index is 0.776. The second kappa shape index (κ2) is 7.68. The highest BCUT2D eigenvalue weighted by Crippen LogP contribution is 2.54. The first kappa shape index (κ1) is 22.6. The summed E-state index contributed by atoms with van der Waals surface area (Å²) in [7, 11) is 0. The van der Waals surface area contributed by atoms with Crippen LogP contribution in [0.3, 0.4) is 0 Å². The lowest BCUT2D eigenvalue weighted by molar-refractivity contribution is -1.01. The fourth-order valence-electron chi connectivity index (χ4n) is 7.86. The highest BCUT2D eigenvalue weighted by Gasteiger charge is 2.70. The van der Waals surface area contributed by atoms with Crippen LogP contribution in [0.2, 0.25) is 0 Å². The number of hydrogen-bond donors (Lipinski definition) is 0. The minimum Gasteiger partial charge on any atom is -0.456 e. The lowest BCUT2D eigenvalue weighted by Gasteiger charge is -2.31. The van der Waals surface area contributed by atoms with E-state index in [1.807, 2.05) is 6.07 Å². The summed E-state index contributed by atoms with van der Waals surface area (Å²) in [5.41, 5.74) is 10.3. The van der Waals surface area contributed by atoms with Gasteiger partial charge in [-0.1, -0.05) is 83.5 Å². The molecule has 1 atom stereocenters. The first-order chi connectivity index (χ1) is 21.8. The molecule has 3 aliphatic heterocycles. The van der Waals surface area contributed by atoms with Crippen LogP contribution >= 0.6 is 0 Å². The van der Waals surface area contributed by atoms with Crippen molar-refractivity contribution in [2.45, 2.75) is 5.66 Å². The van der Waals surface area contributed by atoms with Crippen molar-refractivity contribution in [3.8, 4) is 45.3 Å². The molecule has 3 aromatic heterocycles. The van der Waals surface area contributed by atoms with E-state index in [0.29, 0.717) is 0 Å². The maximum atomic E-state index is 6.70. The largest absolute Gasteiger partial charge is 0.456 e. The van der Waals surface area contributed by atoms with Gasteiger partial charge in [-0.15, -0.1) is 0 Å². The maximum absolute atomic E-state index is 6.70. The van der Waals surface area contributed by atoms with Crippen LogP contribution in [0.25, 0.3) is 55.7 Å². The van der Waals surface area contributed by atoms with Crippen LogP contribution in [0.5, 0.6) is 11.5 Å². The average molecular weight is 566 g/mol. The summed E-state index contributed by atoms with van der Waals surface area (Å²) in [4.78, 5) is 2.17. The molecule has 0 saturated heterocycles. The number of pyridine rings is 1. The van der Waals surface area contributed by atoms with Gasteiger partial charge < -0.3 is 4.74 Å². The van der Waals surface area contributed by atoms with Crippen LogP contribution in [0, 0.1) is 0 Å². The van der Waals surface area contributed by atoms with E-state index in [0.717, 1.165) is 50.9 Å². The second-order valence-electron chi connectivity index (χ2n) is 11.7. The Bertz CT molecular complexity index is 2530. The Labute approximate surface area is 251 Å². The van der Waals surface area contributed by atoms with Crippen LogP contribution in [0.1, 0.15) is 11.1 Å². The summed E-state index contributed by atoms with van der Waals surface area (Å²) in [6.45, 7) is 0. The Hall–Kier alpha value is -6.01. The van der Waals surface area contributed by atoms with Gasteiger partial charge in [0.25, 0.3) is 0 Å². The SMILES string of the molecule is c1ccc(-c2ccc(-c3cn4[n+](n3)C35c6c(cccc6-n6c7ccccc7c7ccc[n+]3c76)Oc3cccc-4c35)cc2)cc1. The van der Waals surface area contributed by atoms with E-state index < -0.39 is 5.66 Å². The predicted molar refractivity (Wildman–Crippen MR) is 167 cm³/mol. The number of nitrogens with zero attached hydrogens (tertiary/aromatic N) is 5. The average Bonchev–Trinajstić information content (AvgIpc) is 3.75. The molecule has 204 valence electrons. The van der Waals surface area contributed by atoms with Crippen LogP contribution in [-0.4, -0.2) is 14.3 Å². The van der Waals surface area contributed by atoms with Crippen molar-refractivity contribution in [3.63, 3.8) is 0 Å². The Morgan fingerprint density at radius 2 is 1.27 bits per heavy atom. The summed E-state index contributed by atoms with van der Waals surface area (Å²) in [6, 6.07) is 45.0. The standard InChI is InChI=1S/C38H23N5O/c1-2-9-24(10-3-1)25-18-20-26(21-19-25)29-23-41-31-14-6-16-33-35(31)38(43(41)39-29)36-32(15-7-17-34(36)44-33)42-30-13-5-4-11-27(30)28-12-8-22-40(38)37(28)42/h1-23H/q+2. The molecule has 0 saturated carbocycles. The van der Waals surface area contributed by atoms with E-state index in [9.17, 15) is 0 Å². The molecule has 44 heavy (non-hydrogen) atoms. The molecule has 0 fully saturated rings. The van der Waals surface area contributed by atoms with Crippen molar-refractivity contribution in [1.29, 1.82) is 0 Å². The number of aromatic nitrogens is 5. The molecular formula is C38H23N5O+2. The third-order valence-corrected chi connectivity index (χ3v) is 9.60. The summed E-state index contributed by atoms with van der Waals surface area (Å²) in [5, 5.41) is 7.87. The zero-order chi connectivity index (χ0) is 28.6. The van der Waals surface area contributed by atoms with Gasteiger partial charge in [-0.3, -0.25) is 0 Å². The van der Waals surface area contributed by atoms with Crippen molar-refractivity contribution in [1.82, 2.24) is 14.3 Å². The first-order valence-electron chi connectivity index (χ1n) is 14.9. The summed E-state index contributed by atoms with van der Waals surface area (Å²) < 4.78 is 13.7. The number of ether oxygens (including phenoxy) is 1. The van der Waals surface area contributed by atoms with E-state index in [1.54, 1.807) is 0 Å². The topological polar surface area (TPSA) is 39.7 Å². The van der Waals surface area contributed by atoms with Gasteiger partial charge in [0.2, 0.25) is 0 Å². The highest BCUT2D eigenvalue weighted by atomic mass is 16.5. The smallest absolute Gasteiger partial charge is 0.423 e. The van der Waals surface area contributed by atoms with Gasteiger partial charge in [0.1, 0.15) is 28.9 Å². The van der Waals surface area contributed by atoms with Crippen molar-refractivity contribution in [3.05, 3.63) is 151 Å². The predicted octanol–water partition coefficient (Wildman–Crippen LogP) is 6.91. The molecule has 11 rings (SSSR count). The Kier molecular flexibility index (Phi) is 3.94. The normalized spacial score (nSPS) is 16.5. The van der Waals surface area contributed by atoms with Gasteiger partial charge in [-0.2, -0.15) is 9.13 Å². The Morgan fingerprint density at radius 3 is 2.11 bits per heavy atom. The number of para-hydroxylation sites is 1. The van der Waals surface area contributed by atoms with E-state index >= 15 is 0 Å². The fraction of sp³-hybridized carbons (Fsp3) is 0.0263. The molecule has 0 radical (unpaired) electrons. The van der Waals surface area contributed by atoms with Gasteiger partial charge in [0, 0.05) is 16.0 Å². The molecule has 0 aliphatic carbocycles. The number of hydrogen-bond acceptors (Lipinski definition) is 2. The summed E-state index contributed by atoms with van der Waals surface area (Å²) >= 11 is 0. The zero-order valence-electron chi connectivity index (χ0n) is 23.4. The molecule has 6 nitrogen and oxygen atoms in total. The first-order valence-corrected chi connectivity index (χ1v) is 14.9. The van der Waals surface area contributed by atoms with Crippen LogP contribution < -0.4 is 14.1 Å². The number of fused-ring (bicyclic) bond motifs is 6. The molecule has 0 amide bonds. The Balaban J connectivity index is 1.24. The van der Waals surface area contributed by atoms with Crippen molar-refractivity contribution < 1.29 is 14.1 Å². The molecule has 3 aliphatic rings. The molecule has 0 N–H and O–H groups in total. The molecule has 1 unspecified atom stereocenters. The minimum atomic E-state index is -0.776. The maximum Gasteiger partial charge on any atom is 0.423 e. The fourth-order valence-corrected chi connectivity index (χ4v) is 7.86. The van der Waals surface area contributed by atoms with Crippen molar-refractivity contribution >= 4 is 21.9 Å². The summed E-state index contributed by atoms with van der Waals surface area (Å²) in [5.74, 6) is 1.70. The third kappa shape index (κ3) is 2.49. The van der Waals surface area contributed by atoms with Crippen molar-refractivity contribution in [2.24, 2.45) is 0 Å². The van der Waals surface area contributed by atoms with E-state index in [-0.39, 0.29) is 0 Å². The van der Waals surface area contributed by atoms with Gasteiger partial charge >= 0.3 is 11.3 Å². The zero-order valence-corrected chi connectivity index (χ0v) is 23.4. The number of rotatable bonds is 2. The van der Waals surface area contributed by atoms with Gasteiger partial charge in [-0.25, -0.2) is 0 Å². The number of benzene rings is 5. The molecule has 6 heterocycles. The van der Waals surface area contributed by atoms with Gasteiger partial charge in [-0.05, 0) is 59.7 Å². The third-order valence-electron chi connectivity index (χ3n) is 9.60. The molecule has 5 aromatic carbocycles. The molecular weight excluding hydrogens is 542 g/mol. The van der Waals surface area contributed by atoms with Crippen LogP contribution in [0.15, 0.2) is 140 Å². The second-order valence-corrected chi connectivity index (χ2v) is 11.7. The van der Waals surface area contributed by atoms with Crippen LogP contribution in [0.4, 0.5) is 0 Å². The van der Waals surface area contributed by atoms with E-state index in [2.05, 4.69) is 152 Å². The quantitative estimate of drug-likeness (QED) is 0.214. The van der Waals surface area contributed by atoms with Crippen LogP contribution in [-0.2, 0) is 5.66 Å². The van der Waals surface area contributed by atoms with E-state index in [1.165, 1.54) is 27.4 Å². The highest BCUT2D eigenvalue weighted by molar-refractivity contribution is 6.07. The molecule has 6 heteroatoms. The lowest BCUT2D eigenvalue weighted by atomic mass is 9.85. The van der Waals surface area contributed by atoms with Gasteiger partial charge in [0.15, 0.2) is 22.5 Å². The lowest BCUT2D eigenvalue weighted by Crippen LogP contribution is -2.77. The Morgan fingerprint density at radius 1 is 0.591 bits per heavy atom. The molecule has 8 aromatic rings. The summed E-state index contributed by atoms with van der Waals surface area (Å²) in [6.07, 6.45) is 4.36. The van der Waals surface area contributed by atoms with Crippen molar-refractivity contribution in [2.75, 3.05) is 0 Å². The molecule has 1 spiro atoms.